The molecule has 156 valence electrons. The molecule has 0 atom stereocenters. The largest absolute Gasteiger partial charge is 0.493 e. The minimum Gasteiger partial charge on any atom is -0.493 e. The molecule has 1 aromatic carbocycles. The lowest BCUT2D eigenvalue weighted by atomic mass is 10.2. The van der Waals surface area contributed by atoms with Crippen LogP contribution >= 0.6 is 23.1 Å². The first-order valence-electron chi connectivity index (χ1n) is 9.80. The third-order valence-corrected chi connectivity index (χ3v) is 6.19. The van der Waals surface area contributed by atoms with Crippen LogP contribution in [0.5, 0.6) is 5.75 Å². The Morgan fingerprint density at radius 1 is 1.20 bits per heavy atom. The van der Waals surface area contributed by atoms with E-state index in [1.807, 2.05) is 29.6 Å². The van der Waals surface area contributed by atoms with E-state index in [0.717, 1.165) is 34.5 Å². The second-order valence-electron chi connectivity index (χ2n) is 7.21. The van der Waals surface area contributed by atoms with Gasteiger partial charge in [-0.2, -0.15) is 0 Å². The van der Waals surface area contributed by atoms with E-state index in [2.05, 4.69) is 40.5 Å². The minimum atomic E-state index is -0.0609. The predicted octanol–water partition coefficient (Wildman–Crippen LogP) is 4.36. The number of ether oxygens (including phenoxy) is 1. The van der Waals surface area contributed by atoms with Crippen molar-refractivity contribution < 1.29 is 4.74 Å². The van der Waals surface area contributed by atoms with Crippen molar-refractivity contribution in [1.29, 1.82) is 0 Å². The van der Waals surface area contributed by atoms with Crippen molar-refractivity contribution in [3.63, 3.8) is 0 Å². The van der Waals surface area contributed by atoms with Gasteiger partial charge in [-0.1, -0.05) is 25.6 Å². The fraction of sp³-hybridized carbons (Fsp3) is 0.333. The van der Waals surface area contributed by atoms with Crippen LogP contribution in [0.2, 0.25) is 0 Å². The lowest BCUT2D eigenvalue weighted by Gasteiger charge is -2.10. The van der Waals surface area contributed by atoms with Crippen LogP contribution in [0.25, 0.3) is 16.3 Å². The Morgan fingerprint density at radius 2 is 2.00 bits per heavy atom. The zero-order valence-electron chi connectivity index (χ0n) is 17.1. The predicted molar refractivity (Wildman–Crippen MR) is 120 cm³/mol. The smallest absolute Gasteiger partial charge is 0.258 e. The van der Waals surface area contributed by atoms with Gasteiger partial charge < -0.3 is 9.30 Å². The van der Waals surface area contributed by atoms with Crippen molar-refractivity contribution in [2.24, 2.45) is 5.92 Å². The maximum Gasteiger partial charge on any atom is 0.258 e. The number of fused-ring (bicyclic) bond motifs is 1. The molecule has 3 heterocycles. The Labute approximate surface area is 182 Å². The highest BCUT2D eigenvalue weighted by atomic mass is 32.2. The standard InChI is InChI=1S/C21H23N5O2S2/c1-4-25-19(15-5-7-17(8-6-15)28-12-14(2)3)23-24-21(25)30-13-16-11-18(27)26-9-10-29-20(26)22-16/h5-11,14H,4,12-13H2,1-3H3. The molecule has 0 unspecified atom stereocenters. The number of hydrogen-bond donors (Lipinski definition) is 0. The first-order valence-corrected chi connectivity index (χ1v) is 11.7. The third-order valence-electron chi connectivity index (χ3n) is 4.43. The average Bonchev–Trinajstić information content (AvgIpc) is 3.38. The van der Waals surface area contributed by atoms with E-state index in [-0.39, 0.29) is 5.56 Å². The molecule has 0 aliphatic rings. The van der Waals surface area contributed by atoms with Gasteiger partial charge in [0.15, 0.2) is 15.9 Å². The van der Waals surface area contributed by atoms with Gasteiger partial charge in [0, 0.05) is 35.5 Å². The van der Waals surface area contributed by atoms with Crippen LogP contribution in [-0.2, 0) is 12.3 Å². The second-order valence-corrected chi connectivity index (χ2v) is 9.03. The zero-order chi connectivity index (χ0) is 21.1. The highest BCUT2D eigenvalue weighted by molar-refractivity contribution is 7.98. The molecule has 4 aromatic rings. The summed E-state index contributed by atoms with van der Waals surface area (Å²) in [6.45, 7) is 7.76. The topological polar surface area (TPSA) is 74.3 Å². The highest BCUT2D eigenvalue weighted by Gasteiger charge is 2.14. The Bertz CT molecular complexity index is 1190. The van der Waals surface area contributed by atoms with E-state index >= 15 is 0 Å². The fourth-order valence-corrected chi connectivity index (χ4v) is 4.59. The van der Waals surface area contributed by atoms with Gasteiger partial charge in [-0.15, -0.1) is 21.5 Å². The molecule has 9 heteroatoms. The fourth-order valence-electron chi connectivity index (χ4n) is 2.96. The van der Waals surface area contributed by atoms with Crippen molar-refractivity contribution in [2.75, 3.05) is 6.61 Å². The molecule has 0 saturated carbocycles. The van der Waals surface area contributed by atoms with Crippen LogP contribution < -0.4 is 10.3 Å². The van der Waals surface area contributed by atoms with E-state index in [1.165, 1.54) is 23.1 Å². The van der Waals surface area contributed by atoms with Gasteiger partial charge >= 0.3 is 0 Å². The monoisotopic (exact) mass is 441 g/mol. The number of thiazole rings is 1. The van der Waals surface area contributed by atoms with Crippen molar-refractivity contribution >= 4 is 28.1 Å². The molecular weight excluding hydrogens is 418 g/mol. The third kappa shape index (κ3) is 4.41. The van der Waals surface area contributed by atoms with Crippen LogP contribution in [0.4, 0.5) is 0 Å². The maximum atomic E-state index is 12.2. The van der Waals surface area contributed by atoms with E-state index < -0.39 is 0 Å². The van der Waals surface area contributed by atoms with Crippen LogP contribution in [-0.4, -0.2) is 30.8 Å². The molecule has 3 aromatic heterocycles. The molecule has 0 aliphatic carbocycles. The Hall–Kier alpha value is -2.65. The van der Waals surface area contributed by atoms with Crippen molar-refractivity contribution in [3.8, 4) is 17.1 Å². The van der Waals surface area contributed by atoms with Crippen LogP contribution in [0, 0.1) is 5.92 Å². The van der Waals surface area contributed by atoms with Gasteiger partial charge in [-0.05, 0) is 37.1 Å². The van der Waals surface area contributed by atoms with E-state index in [1.54, 1.807) is 16.7 Å². The van der Waals surface area contributed by atoms with Gasteiger partial charge in [-0.25, -0.2) is 4.98 Å². The number of benzene rings is 1. The van der Waals surface area contributed by atoms with E-state index in [9.17, 15) is 4.79 Å². The molecule has 0 N–H and O–H groups in total. The SMILES string of the molecule is CCn1c(SCc2cc(=O)n3ccsc3n2)nnc1-c1ccc(OCC(C)C)cc1. The zero-order valence-corrected chi connectivity index (χ0v) is 18.7. The molecule has 0 saturated heterocycles. The normalized spacial score (nSPS) is 11.5. The lowest BCUT2D eigenvalue weighted by molar-refractivity contribution is 0.271. The quantitative estimate of drug-likeness (QED) is 0.378. The van der Waals surface area contributed by atoms with Crippen molar-refractivity contribution in [1.82, 2.24) is 24.1 Å². The summed E-state index contributed by atoms with van der Waals surface area (Å²) in [7, 11) is 0. The molecule has 0 spiro atoms. The van der Waals surface area contributed by atoms with Gasteiger partial charge in [0.05, 0.1) is 12.3 Å². The van der Waals surface area contributed by atoms with Crippen molar-refractivity contribution in [2.45, 2.75) is 38.2 Å². The number of rotatable bonds is 8. The Morgan fingerprint density at radius 3 is 2.73 bits per heavy atom. The molecule has 0 bridgehead atoms. The van der Waals surface area contributed by atoms with E-state index in [4.69, 9.17) is 4.74 Å². The molecule has 7 nitrogen and oxygen atoms in total. The minimum absolute atomic E-state index is 0.0609. The van der Waals surface area contributed by atoms with Gasteiger partial charge in [-0.3, -0.25) is 9.20 Å². The number of thioether (sulfide) groups is 1. The maximum absolute atomic E-state index is 12.2. The summed E-state index contributed by atoms with van der Waals surface area (Å²) in [6.07, 6.45) is 1.74. The molecule has 30 heavy (non-hydrogen) atoms. The summed E-state index contributed by atoms with van der Waals surface area (Å²) < 4.78 is 9.39. The summed E-state index contributed by atoms with van der Waals surface area (Å²) in [5, 5.41) is 11.4. The van der Waals surface area contributed by atoms with Crippen molar-refractivity contribution in [3.05, 3.63) is 58.0 Å². The highest BCUT2D eigenvalue weighted by Crippen LogP contribution is 2.27. The summed E-state index contributed by atoms with van der Waals surface area (Å²) in [5.41, 5.74) is 1.67. The van der Waals surface area contributed by atoms with Gasteiger partial charge in [0.2, 0.25) is 0 Å². The first-order chi connectivity index (χ1) is 14.5. The van der Waals surface area contributed by atoms with E-state index in [0.29, 0.717) is 23.2 Å². The Kier molecular flexibility index (Phi) is 6.19. The average molecular weight is 442 g/mol. The molecule has 0 amide bonds. The Balaban J connectivity index is 1.51. The summed E-state index contributed by atoms with van der Waals surface area (Å²) in [5.74, 6) is 2.71. The number of nitrogens with zero attached hydrogens (tertiary/aromatic N) is 5. The first kappa shape index (κ1) is 20.6. The molecule has 0 aliphatic heterocycles. The summed E-state index contributed by atoms with van der Waals surface area (Å²) in [6, 6.07) is 9.52. The summed E-state index contributed by atoms with van der Waals surface area (Å²) in [4.78, 5) is 17.4. The number of hydrogen-bond acceptors (Lipinski definition) is 7. The van der Waals surface area contributed by atoms with Gasteiger partial charge in [0.1, 0.15) is 5.75 Å². The van der Waals surface area contributed by atoms with Crippen LogP contribution in [0.15, 0.2) is 51.9 Å². The second kappa shape index (κ2) is 9.01. The molecule has 0 radical (unpaired) electrons. The van der Waals surface area contributed by atoms with Crippen LogP contribution in [0.3, 0.4) is 0 Å². The molecule has 0 fully saturated rings. The number of aromatic nitrogens is 5. The van der Waals surface area contributed by atoms with Crippen LogP contribution in [0.1, 0.15) is 26.5 Å². The van der Waals surface area contributed by atoms with Gasteiger partial charge in [0.25, 0.3) is 5.56 Å². The lowest BCUT2D eigenvalue weighted by Crippen LogP contribution is -2.12. The summed E-state index contributed by atoms with van der Waals surface area (Å²) >= 11 is 2.98. The molecular formula is C21H23N5O2S2. The molecule has 4 rings (SSSR count).